The van der Waals surface area contributed by atoms with Gasteiger partial charge >= 0.3 is 6.18 Å². The largest absolute Gasteiger partial charge is 0.393 e. The van der Waals surface area contributed by atoms with Gasteiger partial charge in [0.05, 0.1) is 25.4 Å². The summed E-state index contributed by atoms with van der Waals surface area (Å²) in [5.74, 6) is 0. The minimum atomic E-state index is -4.30. The lowest BCUT2D eigenvalue weighted by Crippen LogP contribution is -2.13. The Bertz CT molecular complexity index is 539. The van der Waals surface area contributed by atoms with Crippen molar-refractivity contribution in [2.45, 2.75) is 25.6 Å². The highest BCUT2D eigenvalue weighted by molar-refractivity contribution is 6.30. The molecule has 0 aliphatic heterocycles. The Balaban J connectivity index is 2.07. The van der Waals surface area contributed by atoms with Crippen molar-refractivity contribution in [3.05, 3.63) is 40.9 Å². The van der Waals surface area contributed by atoms with Crippen molar-refractivity contribution in [2.24, 2.45) is 0 Å². The fourth-order valence-electron chi connectivity index (χ4n) is 1.61. The van der Waals surface area contributed by atoms with Gasteiger partial charge in [0.25, 0.3) is 0 Å². The van der Waals surface area contributed by atoms with E-state index >= 15 is 0 Å². The number of pyridine rings is 1. The molecule has 8 heteroatoms. The van der Waals surface area contributed by atoms with Gasteiger partial charge in [-0.1, -0.05) is 17.7 Å². The predicted octanol–water partition coefficient (Wildman–Crippen LogP) is 2.67. The first-order chi connectivity index (χ1) is 8.94. The van der Waals surface area contributed by atoms with Crippen molar-refractivity contribution < 1.29 is 13.2 Å². The molecule has 19 heavy (non-hydrogen) atoms. The fraction of sp³-hybridized carbons (Fsp3) is 0.364. The summed E-state index contributed by atoms with van der Waals surface area (Å²) in [6, 6.07) is 1.42. The molecule has 0 aliphatic rings. The van der Waals surface area contributed by atoms with E-state index in [0.717, 1.165) is 0 Å². The molecule has 102 valence electrons. The van der Waals surface area contributed by atoms with E-state index in [-0.39, 0.29) is 10.7 Å². The van der Waals surface area contributed by atoms with Gasteiger partial charge < -0.3 is 0 Å². The molecular weight excluding hydrogens is 281 g/mol. The second kappa shape index (κ2) is 5.56. The van der Waals surface area contributed by atoms with Crippen LogP contribution in [0.5, 0.6) is 0 Å². The first kappa shape index (κ1) is 13.8. The van der Waals surface area contributed by atoms with Gasteiger partial charge in [-0.3, -0.25) is 0 Å². The summed E-state index contributed by atoms with van der Waals surface area (Å²) in [5.41, 5.74) is 0.654. The van der Waals surface area contributed by atoms with Gasteiger partial charge in [-0.25, -0.2) is 4.98 Å². The summed E-state index contributed by atoms with van der Waals surface area (Å²) >= 11 is 5.66. The van der Waals surface area contributed by atoms with Crippen molar-refractivity contribution in [3.8, 4) is 0 Å². The number of hydrogen-bond acceptors (Lipinski definition) is 3. The SMILES string of the molecule is FC(F)(F)Cc1cc(CCn2nccn2)cnc1Cl. The maximum Gasteiger partial charge on any atom is 0.393 e. The summed E-state index contributed by atoms with van der Waals surface area (Å²) in [4.78, 5) is 5.23. The molecule has 0 radical (unpaired) electrons. The molecular formula is C11H10ClF3N4. The van der Waals surface area contributed by atoms with E-state index in [9.17, 15) is 13.2 Å². The van der Waals surface area contributed by atoms with Gasteiger partial charge in [0.2, 0.25) is 0 Å². The zero-order chi connectivity index (χ0) is 13.9. The van der Waals surface area contributed by atoms with Crippen molar-refractivity contribution in [1.29, 1.82) is 0 Å². The Hall–Kier alpha value is -1.63. The Morgan fingerprint density at radius 2 is 1.89 bits per heavy atom. The molecule has 2 heterocycles. The zero-order valence-electron chi connectivity index (χ0n) is 9.73. The van der Waals surface area contributed by atoms with Crippen LogP contribution >= 0.6 is 11.6 Å². The number of halogens is 4. The number of nitrogens with zero attached hydrogens (tertiary/aromatic N) is 4. The molecule has 0 unspecified atom stereocenters. The smallest absolute Gasteiger partial charge is 0.244 e. The van der Waals surface area contributed by atoms with Crippen molar-refractivity contribution in [2.75, 3.05) is 0 Å². The Kier molecular flexibility index (Phi) is 4.04. The quantitative estimate of drug-likeness (QED) is 0.813. The first-order valence-electron chi connectivity index (χ1n) is 5.48. The summed E-state index contributed by atoms with van der Waals surface area (Å²) in [5, 5.41) is 7.71. The summed E-state index contributed by atoms with van der Waals surface area (Å²) in [6.45, 7) is 0.474. The monoisotopic (exact) mass is 290 g/mol. The van der Waals surface area contributed by atoms with Crippen LogP contribution in [0, 0.1) is 0 Å². The van der Waals surface area contributed by atoms with Crippen LogP contribution in [-0.4, -0.2) is 26.2 Å². The molecule has 0 N–H and O–H groups in total. The Morgan fingerprint density at radius 3 is 2.53 bits per heavy atom. The minimum absolute atomic E-state index is 0.0138. The number of aromatic nitrogens is 4. The van der Waals surface area contributed by atoms with Crippen LogP contribution in [-0.2, 0) is 19.4 Å². The second-order valence-corrected chi connectivity index (χ2v) is 4.32. The van der Waals surface area contributed by atoms with E-state index in [0.29, 0.717) is 18.5 Å². The van der Waals surface area contributed by atoms with Gasteiger partial charge in [-0.05, 0) is 17.5 Å². The van der Waals surface area contributed by atoms with Gasteiger partial charge in [0.1, 0.15) is 5.15 Å². The van der Waals surface area contributed by atoms with E-state index in [1.807, 2.05) is 0 Å². The summed E-state index contributed by atoms with van der Waals surface area (Å²) in [7, 11) is 0. The highest BCUT2D eigenvalue weighted by atomic mass is 35.5. The molecule has 0 bridgehead atoms. The van der Waals surface area contributed by atoms with Crippen LogP contribution in [0.2, 0.25) is 5.15 Å². The lowest BCUT2D eigenvalue weighted by atomic mass is 10.1. The molecule has 0 atom stereocenters. The highest BCUT2D eigenvalue weighted by Crippen LogP contribution is 2.25. The topological polar surface area (TPSA) is 43.6 Å². The maximum absolute atomic E-state index is 12.4. The predicted molar refractivity (Wildman–Crippen MR) is 62.7 cm³/mol. The van der Waals surface area contributed by atoms with Crippen LogP contribution in [0.1, 0.15) is 11.1 Å². The molecule has 0 saturated heterocycles. The van der Waals surface area contributed by atoms with E-state index in [1.54, 1.807) is 0 Å². The zero-order valence-corrected chi connectivity index (χ0v) is 10.5. The highest BCUT2D eigenvalue weighted by Gasteiger charge is 2.29. The average Bonchev–Trinajstić information content (AvgIpc) is 2.81. The fourth-order valence-corrected chi connectivity index (χ4v) is 1.78. The first-order valence-corrected chi connectivity index (χ1v) is 5.86. The van der Waals surface area contributed by atoms with Crippen molar-refractivity contribution in [1.82, 2.24) is 20.0 Å². The van der Waals surface area contributed by atoms with E-state index in [4.69, 9.17) is 11.6 Å². The van der Waals surface area contributed by atoms with E-state index in [1.165, 1.54) is 29.5 Å². The lowest BCUT2D eigenvalue weighted by molar-refractivity contribution is -0.127. The van der Waals surface area contributed by atoms with Crippen LogP contribution in [0.3, 0.4) is 0 Å². The molecule has 0 aliphatic carbocycles. The Morgan fingerprint density at radius 1 is 1.21 bits per heavy atom. The Labute approximate surface area is 112 Å². The third-order valence-electron chi connectivity index (χ3n) is 2.43. The third kappa shape index (κ3) is 4.20. The van der Waals surface area contributed by atoms with Crippen molar-refractivity contribution >= 4 is 11.6 Å². The summed E-state index contributed by atoms with van der Waals surface area (Å²) < 4.78 is 37.1. The van der Waals surface area contributed by atoms with Gasteiger partial charge in [0, 0.05) is 6.20 Å². The van der Waals surface area contributed by atoms with Gasteiger partial charge in [0.15, 0.2) is 0 Å². The number of aryl methyl sites for hydroxylation is 2. The molecule has 2 rings (SSSR count). The van der Waals surface area contributed by atoms with E-state index < -0.39 is 12.6 Å². The molecule has 2 aromatic heterocycles. The van der Waals surface area contributed by atoms with Crippen LogP contribution in [0.4, 0.5) is 13.2 Å². The summed E-state index contributed by atoms with van der Waals surface area (Å²) in [6.07, 6.45) is -0.347. The second-order valence-electron chi connectivity index (χ2n) is 3.96. The maximum atomic E-state index is 12.4. The van der Waals surface area contributed by atoms with E-state index in [2.05, 4.69) is 15.2 Å². The van der Waals surface area contributed by atoms with Crippen molar-refractivity contribution in [3.63, 3.8) is 0 Å². The molecule has 4 nitrogen and oxygen atoms in total. The van der Waals surface area contributed by atoms with Crippen LogP contribution < -0.4 is 0 Å². The molecule has 0 saturated carbocycles. The third-order valence-corrected chi connectivity index (χ3v) is 2.77. The van der Waals surface area contributed by atoms with Gasteiger partial charge in [-0.15, -0.1) is 0 Å². The average molecular weight is 291 g/mol. The van der Waals surface area contributed by atoms with Gasteiger partial charge in [-0.2, -0.15) is 28.2 Å². The minimum Gasteiger partial charge on any atom is -0.244 e. The molecule has 0 amide bonds. The molecule has 0 aromatic carbocycles. The van der Waals surface area contributed by atoms with Crippen LogP contribution in [0.15, 0.2) is 24.7 Å². The molecule has 0 spiro atoms. The molecule has 0 fully saturated rings. The standard InChI is InChI=1S/C11H10ClF3N4/c12-10-9(6-11(13,14)15)5-8(7-16-10)1-4-19-17-2-3-18-19/h2-3,5,7H,1,4,6H2. The molecule has 2 aromatic rings. The number of alkyl halides is 3. The normalized spacial score (nSPS) is 11.8. The number of rotatable bonds is 4. The van der Waals surface area contributed by atoms with Crippen LogP contribution in [0.25, 0.3) is 0 Å². The number of hydrogen-bond donors (Lipinski definition) is 0. The lowest BCUT2D eigenvalue weighted by Gasteiger charge is -2.09.